The Balaban J connectivity index is 2.11. The van der Waals surface area contributed by atoms with Crippen LogP contribution < -0.4 is 5.32 Å². The third kappa shape index (κ3) is 1.70. The number of aromatic nitrogens is 2. The lowest BCUT2D eigenvalue weighted by atomic mass is 9.96. The molecule has 18 heavy (non-hydrogen) atoms. The van der Waals surface area contributed by atoms with Crippen LogP contribution in [0.4, 0.5) is 5.82 Å². The number of hydrogen-bond donors (Lipinski definition) is 1. The van der Waals surface area contributed by atoms with Crippen molar-refractivity contribution in [2.75, 3.05) is 11.9 Å². The van der Waals surface area contributed by atoms with Gasteiger partial charge in [0.2, 0.25) is 0 Å². The molecule has 0 amide bonds. The van der Waals surface area contributed by atoms with Crippen LogP contribution in [0.1, 0.15) is 34.7 Å². The molecule has 3 heteroatoms. The fourth-order valence-electron chi connectivity index (χ4n) is 2.76. The van der Waals surface area contributed by atoms with Crippen LogP contribution >= 0.6 is 0 Å². The standard InChI is InChI=1S/C15H19N3/c1-10-4-5-11(2)13(8-10)14-6-7-16-15-12(3)9-17-18(14)15/h4-5,8-9,14,16H,6-7H2,1-3H3. The van der Waals surface area contributed by atoms with Gasteiger partial charge in [0.25, 0.3) is 0 Å². The first-order valence-electron chi connectivity index (χ1n) is 6.52. The molecular weight excluding hydrogens is 222 g/mol. The molecular formula is C15H19N3. The summed E-state index contributed by atoms with van der Waals surface area (Å²) in [5.41, 5.74) is 5.30. The lowest BCUT2D eigenvalue weighted by Gasteiger charge is -2.28. The highest BCUT2D eigenvalue weighted by atomic mass is 15.4. The maximum absolute atomic E-state index is 4.54. The molecule has 0 aliphatic carbocycles. The lowest BCUT2D eigenvalue weighted by molar-refractivity contribution is 0.479. The van der Waals surface area contributed by atoms with E-state index in [1.165, 1.54) is 28.1 Å². The maximum atomic E-state index is 4.54. The van der Waals surface area contributed by atoms with Crippen molar-refractivity contribution in [3.8, 4) is 0 Å². The Morgan fingerprint density at radius 2 is 2.06 bits per heavy atom. The molecule has 0 bridgehead atoms. The highest BCUT2D eigenvalue weighted by Crippen LogP contribution is 2.32. The summed E-state index contributed by atoms with van der Waals surface area (Å²) < 4.78 is 2.14. The molecule has 94 valence electrons. The number of nitrogens with zero attached hydrogens (tertiary/aromatic N) is 2. The zero-order chi connectivity index (χ0) is 12.7. The van der Waals surface area contributed by atoms with Gasteiger partial charge in [-0.25, -0.2) is 4.68 Å². The molecule has 0 fully saturated rings. The minimum Gasteiger partial charge on any atom is -0.370 e. The second-order valence-electron chi connectivity index (χ2n) is 5.21. The molecule has 1 aromatic heterocycles. The van der Waals surface area contributed by atoms with Crippen molar-refractivity contribution in [2.24, 2.45) is 0 Å². The van der Waals surface area contributed by atoms with Gasteiger partial charge in [-0.2, -0.15) is 5.10 Å². The van der Waals surface area contributed by atoms with Gasteiger partial charge in [0.15, 0.2) is 0 Å². The number of nitrogens with one attached hydrogen (secondary N) is 1. The molecule has 0 saturated heterocycles. The molecule has 0 saturated carbocycles. The fraction of sp³-hybridized carbons (Fsp3) is 0.400. The van der Waals surface area contributed by atoms with Crippen molar-refractivity contribution in [3.05, 3.63) is 46.6 Å². The van der Waals surface area contributed by atoms with Crippen LogP contribution in [0.5, 0.6) is 0 Å². The largest absolute Gasteiger partial charge is 0.370 e. The van der Waals surface area contributed by atoms with Crippen LogP contribution in [0.15, 0.2) is 24.4 Å². The SMILES string of the molecule is Cc1ccc(C)c(C2CCNc3c(C)cnn32)c1. The summed E-state index contributed by atoms with van der Waals surface area (Å²) in [5, 5.41) is 7.98. The fourth-order valence-corrected chi connectivity index (χ4v) is 2.76. The minimum absolute atomic E-state index is 0.370. The summed E-state index contributed by atoms with van der Waals surface area (Å²) >= 11 is 0. The monoisotopic (exact) mass is 241 g/mol. The number of fused-ring (bicyclic) bond motifs is 1. The first-order chi connectivity index (χ1) is 8.66. The van der Waals surface area contributed by atoms with E-state index in [0.29, 0.717) is 6.04 Å². The van der Waals surface area contributed by atoms with E-state index in [9.17, 15) is 0 Å². The predicted octanol–water partition coefficient (Wildman–Crippen LogP) is 3.21. The molecule has 0 radical (unpaired) electrons. The third-order valence-corrected chi connectivity index (χ3v) is 3.78. The van der Waals surface area contributed by atoms with E-state index < -0.39 is 0 Å². The van der Waals surface area contributed by atoms with E-state index in [1.807, 2.05) is 6.20 Å². The van der Waals surface area contributed by atoms with Gasteiger partial charge in [-0.3, -0.25) is 0 Å². The number of rotatable bonds is 1. The molecule has 2 heterocycles. The summed E-state index contributed by atoms with van der Waals surface area (Å²) in [6, 6.07) is 7.05. The van der Waals surface area contributed by atoms with Gasteiger partial charge >= 0.3 is 0 Å². The van der Waals surface area contributed by atoms with Gasteiger partial charge in [-0.05, 0) is 38.3 Å². The van der Waals surface area contributed by atoms with Gasteiger partial charge in [-0.1, -0.05) is 23.8 Å². The lowest BCUT2D eigenvalue weighted by Crippen LogP contribution is -2.25. The minimum atomic E-state index is 0.370. The van der Waals surface area contributed by atoms with E-state index in [1.54, 1.807) is 0 Å². The van der Waals surface area contributed by atoms with Crippen LogP contribution in [0.2, 0.25) is 0 Å². The topological polar surface area (TPSA) is 29.9 Å². The first-order valence-corrected chi connectivity index (χ1v) is 6.52. The molecule has 2 aromatic rings. The smallest absolute Gasteiger partial charge is 0.127 e. The highest BCUT2D eigenvalue weighted by molar-refractivity contribution is 5.47. The predicted molar refractivity (Wildman–Crippen MR) is 74.1 cm³/mol. The van der Waals surface area contributed by atoms with Crippen LogP contribution in [-0.4, -0.2) is 16.3 Å². The molecule has 1 aromatic carbocycles. The Morgan fingerprint density at radius 3 is 2.89 bits per heavy atom. The van der Waals surface area contributed by atoms with Gasteiger partial charge in [0.1, 0.15) is 5.82 Å². The van der Waals surface area contributed by atoms with Crippen LogP contribution in [0, 0.1) is 20.8 Å². The third-order valence-electron chi connectivity index (χ3n) is 3.78. The molecule has 1 N–H and O–H groups in total. The summed E-state index contributed by atoms with van der Waals surface area (Å²) in [6.07, 6.45) is 3.05. The van der Waals surface area contributed by atoms with E-state index in [-0.39, 0.29) is 0 Å². The molecule has 3 nitrogen and oxygen atoms in total. The van der Waals surface area contributed by atoms with Crippen molar-refractivity contribution in [2.45, 2.75) is 33.2 Å². The Labute approximate surface area is 108 Å². The Hall–Kier alpha value is -1.77. The maximum Gasteiger partial charge on any atom is 0.127 e. The summed E-state index contributed by atoms with van der Waals surface area (Å²) in [4.78, 5) is 0. The quantitative estimate of drug-likeness (QED) is 0.830. The van der Waals surface area contributed by atoms with Crippen molar-refractivity contribution in [3.63, 3.8) is 0 Å². The Bertz CT molecular complexity index is 583. The Morgan fingerprint density at radius 1 is 1.22 bits per heavy atom. The van der Waals surface area contributed by atoms with Gasteiger partial charge < -0.3 is 5.32 Å². The second-order valence-corrected chi connectivity index (χ2v) is 5.21. The van der Waals surface area contributed by atoms with Crippen molar-refractivity contribution < 1.29 is 0 Å². The van der Waals surface area contributed by atoms with E-state index in [2.05, 4.69) is 54.1 Å². The van der Waals surface area contributed by atoms with Crippen LogP contribution in [-0.2, 0) is 0 Å². The molecule has 1 unspecified atom stereocenters. The van der Waals surface area contributed by atoms with E-state index in [4.69, 9.17) is 0 Å². The zero-order valence-electron chi connectivity index (χ0n) is 11.2. The van der Waals surface area contributed by atoms with Crippen molar-refractivity contribution >= 4 is 5.82 Å². The molecule has 1 aliphatic heterocycles. The number of anilines is 1. The second kappa shape index (κ2) is 4.16. The normalized spacial score (nSPS) is 18.3. The van der Waals surface area contributed by atoms with E-state index >= 15 is 0 Å². The van der Waals surface area contributed by atoms with Gasteiger partial charge in [0, 0.05) is 12.1 Å². The average molecular weight is 241 g/mol. The van der Waals surface area contributed by atoms with Gasteiger partial charge in [-0.15, -0.1) is 0 Å². The van der Waals surface area contributed by atoms with Crippen molar-refractivity contribution in [1.82, 2.24) is 9.78 Å². The molecule has 0 spiro atoms. The first kappa shape index (κ1) is 11.3. The molecule has 1 atom stereocenters. The molecule has 1 aliphatic rings. The molecule has 3 rings (SSSR count). The Kier molecular flexibility index (Phi) is 2.62. The summed E-state index contributed by atoms with van der Waals surface area (Å²) in [7, 11) is 0. The zero-order valence-corrected chi connectivity index (χ0v) is 11.2. The summed E-state index contributed by atoms with van der Waals surface area (Å²) in [5.74, 6) is 1.17. The highest BCUT2D eigenvalue weighted by Gasteiger charge is 2.24. The van der Waals surface area contributed by atoms with Crippen LogP contribution in [0.3, 0.4) is 0 Å². The van der Waals surface area contributed by atoms with E-state index in [0.717, 1.165) is 13.0 Å². The van der Waals surface area contributed by atoms with Gasteiger partial charge in [0.05, 0.1) is 12.2 Å². The average Bonchev–Trinajstić information content (AvgIpc) is 2.75. The summed E-state index contributed by atoms with van der Waals surface area (Å²) in [6.45, 7) is 7.47. The number of aryl methyl sites for hydroxylation is 3. The number of benzene rings is 1. The van der Waals surface area contributed by atoms with Crippen LogP contribution in [0.25, 0.3) is 0 Å². The van der Waals surface area contributed by atoms with Crippen molar-refractivity contribution in [1.29, 1.82) is 0 Å². The number of hydrogen-bond acceptors (Lipinski definition) is 2.